The van der Waals surface area contributed by atoms with E-state index in [1.165, 1.54) is 5.56 Å². The van der Waals surface area contributed by atoms with Gasteiger partial charge in [0, 0.05) is 11.8 Å². The van der Waals surface area contributed by atoms with Crippen LogP contribution in [0.3, 0.4) is 0 Å². The number of hydrogen-bond donors (Lipinski definition) is 1. The number of nitrogen functional groups attached to an aromatic ring is 1. The molecule has 0 unspecified atom stereocenters. The lowest BCUT2D eigenvalue weighted by molar-refractivity contribution is 0.590. The van der Waals surface area contributed by atoms with Crippen molar-refractivity contribution in [1.29, 1.82) is 0 Å². The van der Waals surface area contributed by atoms with Crippen LogP contribution in [0, 0.1) is 6.92 Å². The molecule has 0 bridgehead atoms. The van der Waals surface area contributed by atoms with Gasteiger partial charge in [-0.25, -0.2) is 9.97 Å². The Bertz CT molecular complexity index is 568. The molecular formula is C15H19N3. The second kappa shape index (κ2) is 4.41. The van der Waals surface area contributed by atoms with Crippen molar-refractivity contribution in [1.82, 2.24) is 9.97 Å². The highest BCUT2D eigenvalue weighted by molar-refractivity contribution is 5.62. The molecule has 0 atom stereocenters. The fourth-order valence-electron chi connectivity index (χ4n) is 1.83. The van der Waals surface area contributed by atoms with Gasteiger partial charge in [-0.2, -0.15) is 0 Å². The number of hydrogen-bond acceptors (Lipinski definition) is 3. The van der Waals surface area contributed by atoms with E-state index >= 15 is 0 Å². The molecule has 1 aromatic carbocycles. The summed E-state index contributed by atoms with van der Waals surface area (Å²) in [5, 5.41) is 0. The Morgan fingerprint density at radius 3 is 2.44 bits per heavy atom. The highest BCUT2D eigenvalue weighted by atomic mass is 14.9. The van der Waals surface area contributed by atoms with Gasteiger partial charge in [-0.3, -0.25) is 0 Å². The summed E-state index contributed by atoms with van der Waals surface area (Å²) in [6.45, 7) is 8.65. The van der Waals surface area contributed by atoms with Gasteiger partial charge < -0.3 is 5.73 Å². The summed E-state index contributed by atoms with van der Waals surface area (Å²) in [6, 6.07) is 8.13. The Morgan fingerprint density at radius 1 is 1.11 bits per heavy atom. The normalized spacial score (nSPS) is 11.6. The van der Waals surface area contributed by atoms with E-state index in [1.54, 1.807) is 12.3 Å². The molecule has 3 nitrogen and oxygen atoms in total. The average molecular weight is 241 g/mol. The van der Waals surface area contributed by atoms with Gasteiger partial charge in [-0.05, 0) is 35.6 Å². The number of nitrogens with two attached hydrogens (primary N) is 1. The maximum atomic E-state index is 5.72. The van der Waals surface area contributed by atoms with Gasteiger partial charge in [-0.1, -0.05) is 32.9 Å². The number of nitrogens with zero attached hydrogens (tertiary/aromatic N) is 2. The van der Waals surface area contributed by atoms with E-state index in [9.17, 15) is 0 Å². The van der Waals surface area contributed by atoms with Crippen LogP contribution in [-0.4, -0.2) is 9.97 Å². The van der Waals surface area contributed by atoms with E-state index < -0.39 is 0 Å². The number of aryl methyl sites for hydroxylation is 1. The predicted molar refractivity (Wildman–Crippen MR) is 75.3 cm³/mol. The van der Waals surface area contributed by atoms with E-state index in [4.69, 9.17) is 5.73 Å². The van der Waals surface area contributed by atoms with Crippen molar-refractivity contribution in [3.63, 3.8) is 0 Å². The summed E-state index contributed by atoms with van der Waals surface area (Å²) in [7, 11) is 0. The van der Waals surface area contributed by atoms with Crippen LogP contribution in [0.2, 0.25) is 0 Å². The first-order valence-corrected chi connectivity index (χ1v) is 6.08. The molecule has 0 radical (unpaired) electrons. The molecule has 94 valence electrons. The Hall–Kier alpha value is -1.90. The largest absolute Gasteiger partial charge is 0.384 e. The van der Waals surface area contributed by atoms with Crippen molar-refractivity contribution in [2.75, 3.05) is 5.73 Å². The van der Waals surface area contributed by atoms with Crippen molar-refractivity contribution in [2.45, 2.75) is 33.1 Å². The van der Waals surface area contributed by atoms with E-state index in [1.807, 2.05) is 0 Å². The number of anilines is 1. The monoisotopic (exact) mass is 241 g/mol. The summed E-state index contributed by atoms with van der Waals surface area (Å²) >= 11 is 0. The molecule has 0 saturated heterocycles. The molecule has 0 fully saturated rings. The van der Waals surface area contributed by atoms with Gasteiger partial charge >= 0.3 is 0 Å². The SMILES string of the molecule is Cc1ccc(C(C)(C)C)cc1-c1nccc(N)n1. The van der Waals surface area contributed by atoms with Crippen LogP contribution < -0.4 is 5.73 Å². The Balaban J connectivity index is 2.57. The maximum absolute atomic E-state index is 5.72. The summed E-state index contributed by atoms with van der Waals surface area (Å²) < 4.78 is 0. The average Bonchev–Trinajstić information content (AvgIpc) is 2.28. The maximum Gasteiger partial charge on any atom is 0.161 e. The molecular weight excluding hydrogens is 222 g/mol. The molecule has 0 aliphatic heterocycles. The summed E-state index contributed by atoms with van der Waals surface area (Å²) in [4.78, 5) is 8.60. The quantitative estimate of drug-likeness (QED) is 0.833. The van der Waals surface area contributed by atoms with E-state index in [-0.39, 0.29) is 5.41 Å². The van der Waals surface area contributed by atoms with E-state index in [0.717, 1.165) is 11.1 Å². The number of benzene rings is 1. The molecule has 0 amide bonds. The molecule has 3 heteroatoms. The number of aromatic nitrogens is 2. The summed E-state index contributed by atoms with van der Waals surface area (Å²) in [5.74, 6) is 1.19. The summed E-state index contributed by atoms with van der Waals surface area (Å²) in [5.41, 5.74) is 9.32. The smallest absolute Gasteiger partial charge is 0.161 e. The standard InChI is InChI=1S/C15H19N3/c1-10-5-6-11(15(2,3)4)9-12(10)14-17-8-7-13(16)18-14/h5-9H,1-4H3,(H2,16,17,18). The van der Waals surface area contributed by atoms with Gasteiger partial charge in [0.1, 0.15) is 5.82 Å². The Labute approximate surface area is 108 Å². The molecule has 2 aromatic rings. The molecule has 2 rings (SSSR count). The lowest BCUT2D eigenvalue weighted by Crippen LogP contribution is -2.11. The van der Waals surface area contributed by atoms with Crippen molar-refractivity contribution in [2.24, 2.45) is 0 Å². The van der Waals surface area contributed by atoms with Crippen LogP contribution >= 0.6 is 0 Å². The van der Waals surface area contributed by atoms with Crippen LogP contribution in [0.15, 0.2) is 30.5 Å². The lowest BCUT2D eigenvalue weighted by Gasteiger charge is -2.20. The van der Waals surface area contributed by atoms with Gasteiger partial charge in [0.05, 0.1) is 0 Å². The van der Waals surface area contributed by atoms with Crippen LogP contribution in [0.1, 0.15) is 31.9 Å². The first-order valence-electron chi connectivity index (χ1n) is 6.08. The Morgan fingerprint density at radius 2 is 1.83 bits per heavy atom. The molecule has 18 heavy (non-hydrogen) atoms. The van der Waals surface area contributed by atoms with Crippen molar-refractivity contribution in [3.8, 4) is 11.4 Å². The Kier molecular flexibility index (Phi) is 3.07. The molecule has 2 N–H and O–H groups in total. The minimum atomic E-state index is 0.114. The second-order valence-electron chi connectivity index (χ2n) is 5.58. The first kappa shape index (κ1) is 12.6. The van der Waals surface area contributed by atoms with Crippen molar-refractivity contribution in [3.05, 3.63) is 41.6 Å². The third-order valence-corrected chi connectivity index (χ3v) is 3.02. The molecule has 1 aromatic heterocycles. The van der Waals surface area contributed by atoms with E-state index in [0.29, 0.717) is 11.6 Å². The lowest BCUT2D eigenvalue weighted by atomic mass is 9.85. The fourth-order valence-corrected chi connectivity index (χ4v) is 1.83. The van der Waals surface area contributed by atoms with Crippen molar-refractivity contribution >= 4 is 5.82 Å². The molecule has 0 saturated carbocycles. The molecule has 0 aliphatic rings. The van der Waals surface area contributed by atoms with Crippen LogP contribution in [0.4, 0.5) is 5.82 Å². The molecule has 1 heterocycles. The van der Waals surface area contributed by atoms with Crippen LogP contribution in [0.5, 0.6) is 0 Å². The minimum Gasteiger partial charge on any atom is -0.384 e. The van der Waals surface area contributed by atoms with Crippen molar-refractivity contribution < 1.29 is 0 Å². The molecule has 0 spiro atoms. The topological polar surface area (TPSA) is 51.8 Å². The fraction of sp³-hybridized carbons (Fsp3) is 0.333. The van der Waals surface area contributed by atoms with Crippen LogP contribution in [0.25, 0.3) is 11.4 Å². The zero-order valence-electron chi connectivity index (χ0n) is 11.4. The first-order chi connectivity index (χ1) is 8.38. The zero-order chi connectivity index (χ0) is 13.3. The predicted octanol–water partition coefficient (Wildman–Crippen LogP) is 3.33. The molecule has 0 aliphatic carbocycles. The van der Waals surface area contributed by atoms with Gasteiger partial charge in [0.25, 0.3) is 0 Å². The van der Waals surface area contributed by atoms with Gasteiger partial charge in [-0.15, -0.1) is 0 Å². The third kappa shape index (κ3) is 2.50. The highest BCUT2D eigenvalue weighted by Gasteiger charge is 2.16. The summed E-state index contributed by atoms with van der Waals surface area (Å²) in [6.07, 6.45) is 1.70. The zero-order valence-corrected chi connectivity index (χ0v) is 11.4. The second-order valence-corrected chi connectivity index (χ2v) is 5.58. The van der Waals surface area contributed by atoms with Crippen LogP contribution in [-0.2, 0) is 5.41 Å². The van der Waals surface area contributed by atoms with E-state index in [2.05, 4.69) is 55.9 Å². The third-order valence-electron chi connectivity index (χ3n) is 3.02. The minimum absolute atomic E-state index is 0.114. The number of rotatable bonds is 1. The highest BCUT2D eigenvalue weighted by Crippen LogP contribution is 2.28. The van der Waals surface area contributed by atoms with Gasteiger partial charge in [0.2, 0.25) is 0 Å². The van der Waals surface area contributed by atoms with Gasteiger partial charge in [0.15, 0.2) is 5.82 Å².